The van der Waals surface area contributed by atoms with Crippen molar-refractivity contribution in [3.8, 4) is 5.75 Å². The zero-order valence-electron chi connectivity index (χ0n) is 12.6. The van der Waals surface area contributed by atoms with Crippen molar-refractivity contribution in [3.63, 3.8) is 0 Å². The zero-order valence-corrected chi connectivity index (χ0v) is 12.6. The molecule has 1 aromatic carbocycles. The molecule has 5 heteroatoms. The first-order chi connectivity index (χ1) is 10.9. The number of nitrogens with zero attached hydrogens (tertiary/aromatic N) is 2. The van der Waals surface area contributed by atoms with Crippen LogP contribution < -0.4 is 15.4 Å². The summed E-state index contributed by atoms with van der Waals surface area (Å²) in [6, 6.07) is 12.2. The normalized spacial score (nSPS) is 17.7. The molecule has 3 rings (SSSR count). The summed E-state index contributed by atoms with van der Waals surface area (Å²) in [6.07, 6.45) is 3.67. The van der Waals surface area contributed by atoms with Gasteiger partial charge in [-0.05, 0) is 29.3 Å². The molecule has 0 saturated carbocycles. The number of aliphatic imine (C=N–C) groups is 1. The molecule has 1 aliphatic heterocycles. The third-order valence-electron chi connectivity index (χ3n) is 3.67. The molecule has 0 bridgehead atoms. The van der Waals surface area contributed by atoms with E-state index in [1.165, 1.54) is 5.56 Å². The Bertz CT molecular complexity index is 625. The summed E-state index contributed by atoms with van der Waals surface area (Å²) in [5.41, 5.74) is 2.32. The number of ether oxygens (including phenoxy) is 1. The molecule has 1 atom stereocenters. The summed E-state index contributed by atoms with van der Waals surface area (Å²) >= 11 is 0. The minimum absolute atomic E-state index is 0.0840. The van der Waals surface area contributed by atoms with E-state index in [-0.39, 0.29) is 6.04 Å². The van der Waals surface area contributed by atoms with E-state index in [4.69, 9.17) is 4.74 Å². The van der Waals surface area contributed by atoms with Crippen LogP contribution in [0.5, 0.6) is 5.75 Å². The Morgan fingerprint density at radius 1 is 1.27 bits per heavy atom. The van der Waals surface area contributed by atoms with Crippen molar-refractivity contribution >= 4 is 5.84 Å². The molecule has 0 saturated heterocycles. The average molecular weight is 296 g/mol. The van der Waals surface area contributed by atoms with Crippen LogP contribution in [0.1, 0.15) is 17.2 Å². The van der Waals surface area contributed by atoms with Crippen LogP contribution in [-0.4, -0.2) is 31.0 Å². The second kappa shape index (κ2) is 7.04. The number of methoxy groups -OCH3 is 1. The van der Waals surface area contributed by atoms with E-state index in [9.17, 15) is 0 Å². The highest BCUT2D eigenvalue weighted by molar-refractivity contribution is 5.89. The number of benzene rings is 1. The van der Waals surface area contributed by atoms with Crippen molar-refractivity contribution in [1.29, 1.82) is 0 Å². The highest BCUT2D eigenvalue weighted by atomic mass is 16.5. The van der Waals surface area contributed by atoms with Crippen LogP contribution in [-0.2, 0) is 6.54 Å². The van der Waals surface area contributed by atoms with Gasteiger partial charge in [-0.2, -0.15) is 0 Å². The fourth-order valence-corrected chi connectivity index (χ4v) is 2.49. The minimum Gasteiger partial charge on any atom is -0.497 e. The minimum atomic E-state index is 0.0840. The van der Waals surface area contributed by atoms with Crippen LogP contribution in [0.2, 0.25) is 0 Å². The summed E-state index contributed by atoms with van der Waals surface area (Å²) in [7, 11) is 1.67. The van der Waals surface area contributed by atoms with Gasteiger partial charge in [0.2, 0.25) is 0 Å². The smallest absolute Gasteiger partial charge is 0.119 e. The van der Waals surface area contributed by atoms with E-state index >= 15 is 0 Å². The van der Waals surface area contributed by atoms with Crippen molar-refractivity contribution in [1.82, 2.24) is 15.6 Å². The van der Waals surface area contributed by atoms with Gasteiger partial charge in [0.1, 0.15) is 11.6 Å². The number of nitrogens with one attached hydrogen (secondary N) is 2. The second-order valence-corrected chi connectivity index (χ2v) is 5.14. The summed E-state index contributed by atoms with van der Waals surface area (Å²) in [6.45, 7) is 2.41. The van der Waals surface area contributed by atoms with Gasteiger partial charge in [-0.15, -0.1) is 0 Å². The number of amidine groups is 1. The fourth-order valence-electron chi connectivity index (χ4n) is 2.49. The van der Waals surface area contributed by atoms with Crippen LogP contribution >= 0.6 is 0 Å². The van der Waals surface area contributed by atoms with E-state index in [1.807, 2.05) is 24.4 Å². The van der Waals surface area contributed by atoms with Crippen molar-refractivity contribution in [2.45, 2.75) is 12.6 Å². The van der Waals surface area contributed by atoms with Crippen molar-refractivity contribution in [2.75, 3.05) is 20.2 Å². The van der Waals surface area contributed by atoms with Gasteiger partial charge < -0.3 is 15.4 Å². The Hall–Kier alpha value is -2.40. The van der Waals surface area contributed by atoms with Crippen LogP contribution in [0.25, 0.3) is 0 Å². The number of aromatic nitrogens is 1. The van der Waals surface area contributed by atoms with Crippen LogP contribution in [0, 0.1) is 0 Å². The van der Waals surface area contributed by atoms with Gasteiger partial charge in [0.05, 0.1) is 19.7 Å². The first-order valence-electron chi connectivity index (χ1n) is 7.41. The van der Waals surface area contributed by atoms with Gasteiger partial charge in [0.25, 0.3) is 0 Å². The molecule has 0 radical (unpaired) electrons. The predicted molar refractivity (Wildman–Crippen MR) is 87.1 cm³/mol. The number of pyridine rings is 1. The van der Waals surface area contributed by atoms with Crippen molar-refractivity contribution in [2.24, 2.45) is 4.99 Å². The first kappa shape index (κ1) is 14.5. The molecule has 2 aromatic rings. The van der Waals surface area contributed by atoms with Gasteiger partial charge in [-0.1, -0.05) is 18.2 Å². The number of rotatable bonds is 4. The van der Waals surface area contributed by atoms with Crippen LogP contribution in [0.3, 0.4) is 0 Å². The lowest BCUT2D eigenvalue weighted by molar-refractivity contribution is 0.414. The first-order valence-corrected chi connectivity index (χ1v) is 7.41. The Kier molecular flexibility index (Phi) is 4.65. The maximum absolute atomic E-state index is 5.18. The summed E-state index contributed by atoms with van der Waals surface area (Å²) in [5.74, 6) is 1.84. The molecule has 114 valence electrons. The molecule has 1 aliphatic rings. The molecular weight excluding hydrogens is 276 g/mol. The molecule has 1 unspecified atom stereocenters. The average Bonchev–Trinajstić information content (AvgIpc) is 2.61. The maximum atomic E-state index is 5.18. The topological polar surface area (TPSA) is 58.5 Å². The summed E-state index contributed by atoms with van der Waals surface area (Å²) in [4.78, 5) is 8.82. The second-order valence-electron chi connectivity index (χ2n) is 5.14. The predicted octanol–water partition coefficient (Wildman–Crippen LogP) is 1.92. The zero-order chi connectivity index (χ0) is 15.2. The molecule has 0 amide bonds. The standard InChI is InChI=1S/C17H20N4O/c1-22-15-6-4-13(5-7-15)11-21-17-16(19-9-10-20-17)14-3-2-8-18-12-14/h2-8,12,16,19H,9-11H2,1H3,(H,20,21). The summed E-state index contributed by atoms with van der Waals surface area (Å²) in [5, 5.41) is 6.93. The lowest BCUT2D eigenvalue weighted by Crippen LogP contribution is -2.42. The van der Waals surface area contributed by atoms with Crippen molar-refractivity contribution in [3.05, 3.63) is 59.9 Å². The number of hydrogen-bond donors (Lipinski definition) is 2. The van der Waals surface area contributed by atoms with E-state index in [0.717, 1.165) is 36.8 Å². The molecular formula is C17H20N4O. The van der Waals surface area contributed by atoms with E-state index < -0.39 is 0 Å². The van der Waals surface area contributed by atoms with Gasteiger partial charge in [0.15, 0.2) is 0 Å². The van der Waals surface area contributed by atoms with Gasteiger partial charge >= 0.3 is 0 Å². The van der Waals surface area contributed by atoms with E-state index in [1.54, 1.807) is 13.3 Å². The van der Waals surface area contributed by atoms with Gasteiger partial charge in [0, 0.05) is 25.5 Å². The maximum Gasteiger partial charge on any atom is 0.119 e. The molecule has 0 fully saturated rings. The van der Waals surface area contributed by atoms with E-state index in [2.05, 4.69) is 38.8 Å². The Balaban J connectivity index is 1.68. The third kappa shape index (κ3) is 3.43. The fraction of sp³-hybridized carbons (Fsp3) is 0.294. The monoisotopic (exact) mass is 296 g/mol. The lowest BCUT2D eigenvalue weighted by Gasteiger charge is -2.25. The molecule has 1 aromatic heterocycles. The Morgan fingerprint density at radius 2 is 2.14 bits per heavy atom. The van der Waals surface area contributed by atoms with Crippen LogP contribution in [0.4, 0.5) is 0 Å². The highest BCUT2D eigenvalue weighted by Crippen LogP contribution is 2.16. The van der Waals surface area contributed by atoms with E-state index in [0.29, 0.717) is 0 Å². The molecule has 0 aliphatic carbocycles. The molecule has 5 nitrogen and oxygen atoms in total. The Labute approximate surface area is 130 Å². The van der Waals surface area contributed by atoms with Crippen molar-refractivity contribution < 1.29 is 4.74 Å². The molecule has 22 heavy (non-hydrogen) atoms. The molecule has 0 spiro atoms. The summed E-state index contributed by atoms with van der Waals surface area (Å²) < 4.78 is 5.18. The molecule has 2 N–H and O–H groups in total. The highest BCUT2D eigenvalue weighted by Gasteiger charge is 2.20. The van der Waals surface area contributed by atoms with Gasteiger partial charge in [-0.3, -0.25) is 9.98 Å². The van der Waals surface area contributed by atoms with Gasteiger partial charge in [-0.25, -0.2) is 0 Å². The van der Waals surface area contributed by atoms with Crippen LogP contribution in [0.15, 0.2) is 53.8 Å². The molecule has 2 heterocycles. The lowest BCUT2D eigenvalue weighted by atomic mass is 10.1. The number of hydrogen-bond acceptors (Lipinski definition) is 5. The quantitative estimate of drug-likeness (QED) is 0.905. The third-order valence-corrected chi connectivity index (χ3v) is 3.67. The SMILES string of the molecule is COc1ccc(CNC2=NCCNC2c2cccnc2)cc1. The Morgan fingerprint density at radius 3 is 2.86 bits per heavy atom. The largest absolute Gasteiger partial charge is 0.497 e.